The fourth-order valence-corrected chi connectivity index (χ4v) is 2.52. The number of anilines is 1. The SMILES string of the molecule is COCCNC(=O)c1ccc(NC2CCCCCC2)nn1. The minimum Gasteiger partial charge on any atom is -0.383 e. The molecule has 2 N–H and O–H groups in total. The molecule has 0 spiro atoms. The normalized spacial score (nSPS) is 16.2. The Kier molecular flexibility index (Phi) is 6.40. The van der Waals surface area contributed by atoms with Crippen LogP contribution in [0.2, 0.25) is 0 Å². The molecule has 0 radical (unpaired) electrons. The van der Waals surface area contributed by atoms with Crippen molar-refractivity contribution < 1.29 is 9.53 Å². The summed E-state index contributed by atoms with van der Waals surface area (Å²) in [6, 6.07) is 4.00. The molecule has 1 saturated carbocycles. The van der Waals surface area contributed by atoms with Crippen molar-refractivity contribution in [3.05, 3.63) is 17.8 Å². The van der Waals surface area contributed by atoms with Crippen LogP contribution in [0, 0.1) is 0 Å². The quantitative estimate of drug-likeness (QED) is 0.619. The highest BCUT2D eigenvalue weighted by Crippen LogP contribution is 2.20. The molecule has 1 aromatic heterocycles. The maximum Gasteiger partial charge on any atom is 0.271 e. The Morgan fingerprint density at radius 3 is 2.62 bits per heavy atom. The minimum atomic E-state index is -0.222. The molecule has 0 unspecified atom stereocenters. The van der Waals surface area contributed by atoms with E-state index in [1.54, 1.807) is 13.2 Å². The zero-order valence-electron chi connectivity index (χ0n) is 12.6. The molecule has 116 valence electrons. The molecule has 1 aromatic rings. The molecular formula is C15H24N4O2. The van der Waals surface area contributed by atoms with Crippen LogP contribution in [0.3, 0.4) is 0 Å². The van der Waals surface area contributed by atoms with Gasteiger partial charge in [0.2, 0.25) is 0 Å². The van der Waals surface area contributed by atoms with Crippen LogP contribution in [-0.4, -0.2) is 42.4 Å². The van der Waals surface area contributed by atoms with Crippen LogP contribution < -0.4 is 10.6 Å². The number of nitrogens with zero attached hydrogens (tertiary/aromatic N) is 2. The molecule has 1 amide bonds. The summed E-state index contributed by atoms with van der Waals surface area (Å²) in [6.45, 7) is 0.958. The zero-order valence-corrected chi connectivity index (χ0v) is 12.6. The van der Waals surface area contributed by atoms with Crippen LogP contribution in [0.1, 0.15) is 49.0 Å². The number of ether oxygens (including phenoxy) is 1. The Morgan fingerprint density at radius 2 is 2.00 bits per heavy atom. The number of rotatable bonds is 6. The topological polar surface area (TPSA) is 76.1 Å². The molecule has 0 bridgehead atoms. The number of nitrogens with one attached hydrogen (secondary N) is 2. The van der Waals surface area contributed by atoms with Crippen molar-refractivity contribution in [1.82, 2.24) is 15.5 Å². The Labute approximate surface area is 125 Å². The summed E-state index contributed by atoms with van der Waals surface area (Å²) < 4.78 is 4.88. The summed E-state index contributed by atoms with van der Waals surface area (Å²) in [4.78, 5) is 11.8. The molecule has 0 aliphatic heterocycles. The van der Waals surface area contributed by atoms with Crippen LogP contribution in [0.15, 0.2) is 12.1 Å². The Balaban J connectivity index is 1.84. The van der Waals surface area contributed by atoms with Crippen molar-refractivity contribution in [3.8, 4) is 0 Å². The van der Waals surface area contributed by atoms with Crippen LogP contribution in [-0.2, 0) is 4.74 Å². The van der Waals surface area contributed by atoms with Gasteiger partial charge >= 0.3 is 0 Å². The Bertz CT molecular complexity index is 428. The van der Waals surface area contributed by atoms with Gasteiger partial charge in [-0.15, -0.1) is 10.2 Å². The first-order chi connectivity index (χ1) is 10.3. The summed E-state index contributed by atoms with van der Waals surface area (Å²) in [5.41, 5.74) is 0.331. The fourth-order valence-electron chi connectivity index (χ4n) is 2.52. The lowest BCUT2D eigenvalue weighted by Gasteiger charge is -2.16. The lowest BCUT2D eigenvalue weighted by molar-refractivity contribution is 0.0931. The smallest absolute Gasteiger partial charge is 0.271 e. The van der Waals surface area contributed by atoms with E-state index in [1.165, 1.54) is 38.5 Å². The molecule has 1 aliphatic rings. The molecule has 0 atom stereocenters. The maximum atomic E-state index is 11.8. The Hall–Kier alpha value is -1.69. The molecule has 21 heavy (non-hydrogen) atoms. The number of carbonyl (C=O) groups excluding carboxylic acids is 1. The highest BCUT2D eigenvalue weighted by molar-refractivity contribution is 5.92. The standard InChI is InChI=1S/C15H24N4O2/c1-21-11-10-16-15(20)13-8-9-14(19-18-13)17-12-6-4-2-3-5-7-12/h8-9,12H,2-7,10-11H2,1H3,(H,16,20)(H,17,19). The van der Waals surface area contributed by atoms with Gasteiger partial charge in [-0.25, -0.2) is 0 Å². The summed E-state index contributed by atoms with van der Waals surface area (Å²) in [5, 5.41) is 14.2. The van der Waals surface area contributed by atoms with Gasteiger partial charge in [-0.3, -0.25) is 4.79 Å². The molecular weight excluding hydrogens is 268 g/mol. The molecule has 2 rings (SSSR count). The van der Waals surface area contributed by atoms with E-state index in [2.05, 4.69) is 20.8 Å². The van der Waals surface area contributed by atoms with E-state index < -0.39 is 0 Å². The lowest BCUT2D eigenvalue weighted by atomic mass is 10.1. The van der Waals surface area contributed by atoms with E-state index in [9.17, 15) is 4.79 Å². The van der Waals surface area contributed by atoms with E-state index in [1.807, 2.05) is 6.07 Å². The number of aromatic nitrogens is 2. The van der Waals surface area contributed by atoms with Crippen molar-refractivity contribution in [1.29, 1.82) is 0 Å². The van der Waals surface area contributed by atoms with E-state index >= 15 is 0 Å². The van der Waals surface area contributed by atoms with Crippen LogP contribution in [0.5, 0.6) is 0 Å². The zero-order chi connectivity index (χ0) is 14.9. The number of carbonyl (C=O) groups is 1. The van der Waals surface area contributed by atoms with Gasteiger partial charge in [-0.1, -0.05) is 25.7 Å². The van der Waals surface area contributed by atoms with E-state index in [0.29, 0.717) is 24.9 Å². The van der Waals surface area contributed by atoms with Crippen molar-refractivity contribution >= 4 is 11.7 Å². The van der Waals surface area contributed by atoms with Gasteiger partial charge in [0.25, 0.3) is 5.91 Å². The third-order valence-electron chi connectivity index (χ3n) is 3.70. The van der Waals surface area contributed by atoms with E-state index in [-0.39, 0.29) is 5.91 Å². The summed E-state index contributed by atoms with van der Waals surface area (Å²) in [6.07, 6.45) is 7.55. The third-order valence-corrected chi connectivity index (χ3v) is 3.70. The van der Waals surface area contributed by atoms with Crippen LogP contribution in [0.25, 0.3) is 0 Å². The van der Waals surface area contributed by atoms with Crippen molar-refractivity contribution in [2.75, 3.05) is 25.6 Å². The molecule has 0 saturated heterocycles. The number of amides is 1. The molecule has 1 fully saturated rings. The maximum absolute atomic E-state index is 11.8. The van der Waals surface area contributed by atoms with Gasteiger partial charge in [-0.2, -0.15) is 0 Å². The molecule has 0 aromatic carbocycles. The second-order valence-corrected chi connectivity index (χ2v) is 5.39. The van der Waals surface area contributed by atoms with Crippen molar-refractivity contribution in [2.45, 2.75) is 44.6 Å². The first-order valence-electron chi connectivity index (χ1n) is 7.67. The molecule has 6 nitrogen and oxygen atoms in total. The first kappa shape index (κ1) is 15.7. The highest BCUT2D eigenvalue weighted by Gasteiger charge is 2.13. The number of hydrogen-bond acceptors (Lipinski definition) is 5. The molecule has 6 heteroatoms. The predicted molar refractivity (Wildman–Crippen MR) is 81.4 cm³/mol. The first-order valence-corrected chi connectivity index (χ1v) is 7.67. The second-order valence-electron chi connectivity index (χ2n) is 5.39. The fraction of sp³-hybridized carbons (Fsp3) is 0.667. The van der Waals surface area contributed by atoms with Gasteiger partial charge in [-0.05, 0) is 25.0 Å². The van der Waals surface area contributed by atoms with Gasteiger partial charge < -0.3 is 15.4 Å². The summed E-state index contributed by atoms with van der Waals surface area (Å²) in [5.74, 6) is 0.524. The lowest BCUT2D eigenvalue weighted by Crippen LogP contribution is -2.28. The molecule has 1 heterocycles. The van der Waals surface area contributed by atoms with Crippen LogP contribution >= 0.6 is 0 Å². The van der Waals surface area contributed by atoms with Gasteiger partial charge in [0, 0.05) is 19.7 Å². The largest absolute Gasteiger partial charge is 0.383 e. The number of methoxy groups -OCH3 is 1. The van der Waals surface area contributed by atoms with E-state index in [0.717, 1.165) is 5.82 Å². The monoisotopic (exact) mass is 292 g/mol. The Morgan fingerprint density at radius 1 is 1.24 bits per heavy atom. The summed E-state index contributed by atoms with van der Waals surface area (Å²) in [7, 11) is 1.60. The average Bonchev–Trinajstić information content (AvgIpc) is 2.77. The minimum absolute atomic E-state index is 0.222. The summed E-state index contributed by atoms with van der Waals surface area (Å²) >= 11 is 0. The average molecular weight is 292 g/mol. The second kappa shape index (κ2) is 8.56. The van der Waals surface area contributed by atoms with Gasteiger partial charge in [0.05, 0.1) is 6.61 Å². The predicted octanol–water partition coefficient (Wildman–Crippen LogP) is 1.99. The highest BCUT2D eigenvalue weighted by atomic mass is 16.5. The molecule has 1 aliphatic carbocycles. The van der Waals surface area contributed by atoms with Crippen molar-refractivity contribution in [3.63, 3.8) is 0 Å². The van der Waals surface area contributed by atoms with Gasteiger partial charge in [0.1, 0.15) is 5.82 Å². The van der Waals surface area contributed by atoms with Gasteiger partial charge in [0.15, 0.2) is 5.69 Å². The van der Waals surface area contributed by atoms with E-state index in [4.69, 9.17) is 4.74 Å². The van der Waals surface area contributed by atoms with Crippen LogP contribution in [0.4, 0.5) is 5.82 Å². The number of hydrogen-bond donors (Lipinski definition) is 2. The van der Waals surface area contributed by atoms with Crippen molar-refractivity contribution in [2.24, 2.45) is 0 Å². The third kappa shape index (κ3) is 5.30.